The second-order valence-electron chi connectivity index (χ2n) is 5.40. The molecule has 2 aromatic carbocycles. The molecular formula is C17H17Br2N. The highest BCUT2D eigenvalue weighted by atomic mass is 79.9. The molecule has 0 saturated heterocycles. The minimum Gasteiger partial charge on any atom is -0.310 e. The number of hydrogen-bond donors (Lipinski definition) is 1. The molecule has 104 valence electrons. The van der Waals surface area contributed by atoms with Gasteiger partial charge in [0, 0.05) is 27.4 Å². The van der Waals surface area contributed by atoms with E-state index in [1.807, 2.05) is 0 Å². The van der Waals surface area contributed by atoms with Crippen molar-refractivity contribution in [3.8, 4) is 0 Å². The van der Waals surface area contributed by atoms with Gasteiger partial charge in [-0.05, 0) is 42.2 Å². The van der Waals surface area contributed by atoms with Gasteiger partial charge in [0.15, 0.2) is 0 Å². The summed E-state index contributed by atoms with van der Waals surface area (Å²) in [5.74, 6) is 0.669. The lowest BCUT2D eigenvalue weighted by molar-refractivity contribution is 0.488. The second-order valence-corrected chi connectivity index (χ2v) is 7.17. The van der Waals surface area contributed by atoms with Crippen LogP contribution in [0.5, 0.6) is 0 Å². The smallest absolute Gasteiger partial charge is 0.0303 e. The fourth-order valence-corrected chi connectivity index (χ4v) is 4.22. The molecule has 2 unspecified atom stereocenters. The summed E-state index contributed by atoms with van der Waals surface area (Å²) in [5.41, 5.74) is 4.33. The molecule has 0 fully saturated rings. The van der Waals surface area contributed by atoms with E-state index in [4.69, 9.17) is 0 Å². The maximum absolute atomic E-state index is 3.66. The molecule has 0 bridgehead atoms. The number of rotatable bonds is 4. The molecule has 20 heavy (non-hydrogen) atoms. The van der Waals surface area contributed by atoms with Crippen LogP contribution in [0, 0.1) is 0 Å². The predicted octanol–water partition coefficient (Wildman–Crippen LogP) is 5.20. The Morgan fingerprint density at radius 2 is 2.00 bits per heavy atom. The van der Waals surface area contributed by atoms with E-state index >= 15 is 0 Å². The average molecular weight is 395 g/mol. The van der Waals surface area contributed by atoms with Gasteiger partial charge in [0.25, 0.3) is 0 Å². The molecule has 0 aliphatic heterocycles. The first-order valence-electron chi connectivity index (χ1n) is 6.91. The average Bonchev–Trinajstić information content (AvgIpc) is 2.39. The molecule has 0 saturated carbocycles. The third kappa shape index (κ3) is 2.85. The van der Waals surface area contributed by atoms with Gasteiger partial charge < -0.3 is 5.32 Å². The van der Waals surface area contributed by atoms with Crippen LogP contribution in [0.1, 0.15) is 35.6 Å². The first-order valence-corrected chi connectivity index (χ1v) is 8.50. The largest absolute Gasteiger partial charge is 0.310 e. The van der Waals surface area contributed by atoms with Gasteiger partial charge in [0.1, 0.15) is 0 Å². The minimum atomic E-state index is 0.352. The van der Waals surface area contributed by atoms with Crippen LogP contribution >= 0.6 is 31.9 Å². The van der Waals surface area contributed by atoms with Gasteiger partial charge in [0.2, 0.25) is 0 Å². The van der Waals surface area contributed by atoms with E-state index in [0.717, 1.165) is 15.5 Å². The van der Waals surface area contributed by atoms with Gasteiger partial charge in [-0.2, -0.15) is 0 Å². The quantitative estimate of drug-likeness (QED) is 0.751. The topological polar surface area (TPSA) is 12.0 Å². The maximum atomic E-state index is 3.66. The fourth-order valence-electron chi connectivity index (χ4n) is 2.83. The molecule has 1 aliphatic rings. The van der Waals surface area contributed by atoms with Gasteiger partial charge in [-0.3, -0.25) is 0 Å². The van der Waals surface area contributed by atoms with Gasteiger partial charge in [0.05, 0.1) is 0 Å². The van der Waals surface area contributed by atoms with Crippen LogP contribution in [0.4, 0.5) is 0 Å². The standard InChI is InChI=1S/C17H17Br2N/c1-11(15-7-6-14(18)9-17(15)19)20-10-13-8-12-4-2-3-5-16(12)13/h2-7,9,11,13,20H,8,10H2,1H3. The van der Waals surface area contributed by atoms with E-state index in [1.165, 1.54) is 23.1 Å². The number of halogens is 2. The summed E-state index contributed by atoms with van der Waals surface area (Å²) in [6, 6.07) is 15.5. The van der Waals surface area contributed by atoms with E-state index in [1.54, 1.807) is 0 Å². The molecule has 0 aromatic heterocycles. The normalized spacial score (nSPS) is 18.2. The van der Waals surface area contributed by atoms with Crippen LogP contribution in [0.3, 0.4) is 0 Å². The molecule has 2 aromatic rings. The lowest BCUT2D eigenvalue weighted by Crippen LogP contribution is -2.30. The zero-order valence-electron chi connectivity index (χ0n) is 11.4. The van der Waals surface area contributed by atoms with Crippen molar-refractivity contribution < 1.29 is 0 Å². The number of hydrogen-bond acceptors (Lipinski definition) is 1. The van der Waals surface area contributed by atoms with Crippen LogP contribution in [0.25, 0.3) is 0 Å². The van der Waals surface area contributed by atoms with Gasteiger partial charge in [-0.15, -0.1) is 0 Å². The molecule has 1 N–H and O–H groups in total. The van der Waals surface area contributed by atoms with Crippen molar-refractivity contribution in [2.45, 2.75) is 25.3 Å². The first-order chi connectivity index (χ1) is 9.65. The fraction of sp³-hybridized carbons (Fsp3) is 0.294. The Balaban J connectivity index is 1.62. The molecule has 2 atom stereocenters. The van der Waals surface area contributed by atoms with Crippen LogP contribution in [-0.4, -0.2) is 6.54 Å². The molecule has 1 aliphatic carbocycles. The van der Waals surface area contributed by atoms with Crippen LogP contribution < -0.4 is 5.32 Å². The van der Waals surface area contributed by atoms with Crippen molar-refractivity contribution in [1.29, 1.82) is 0 Å². The Morgan fingerprint density at radius 3 is 2.75 bits per heavy atom. The Bertz CT molecular complexity index is 624. The molecule has 0 amide bonds. The van der Waals surface area contributed by atoms with Crippen molar-refractivity contribution in [3.63, 3.8) is 0 Å². The summed E-state index contributed by atoms with van der Waals surface area (Å²) in [6.45, 7) is 3.26. The monoisotopic (exact) mass is 393 g/mol. The van der Waals surface area contributed by atoms with Crippen LogP contribution in [-0.2, 0) is 6.42 Å². The molecule has 3 rings (SSSR count). The van der Waals surface area contributed by atoms with Crippen molar-refractivity contribution in [3.05, 3.63) is 68.1 Å². The highest BCUT2D eigenvalue weighted by molar-refractivity contribution is 9.11. The van der Waals surface area contributed by atoms with Crippen molar-refractivity contribution in [2.75, 3.05) is 6.54 Å². The Labute approximate surface area is 137 Å². The van der Waals surface area contributed by atoms with Crippen molar-refractivity contribution >= 4 is 31.9 Å². The molecule has 3 heteroatoms. The Hall–Kier alpha value is -0.640. The zero-order valence-corrected chi connectivity index (χ0v) is 14.5. The van der Waals surface area contributed by atoms with Gasteiger partial charge in [-0.1, -0.05) is 62.2 Å². The molecule has 1 nitrogen and oxygen atoms in total. The van der Waals surface area contributed by atoms with E-state index in [2.05, 4.69) is 86.6 Å². The summed E-state index contributed by atoms with van der Waals surface area (Å²) in [7, 11) is 0. The Kier molecular flexibility index (Phi) is 4.29. The minimum absolute atomic E-state index is 0.352. The highest BCUT2D eigenvalue weighted by Gasteiger charge is 2.25. The van der Waals surface area contributed by atoms with Gasteiger partial charge >= 0.3 is 0 Å². The molecule has 0 spiro atoms. The lowest BCUT2D eigenvalue weighted by Gasteiger charge is -2.31. The van der Waals surface area contributed by atoms with E-state index in [-0.39, 0.29) is 0 Å². The summed E-state index contributed by atoms with van der Waals surface area (Å²) >= 11 is 7.14. The molecular weight excluding hydrogens is 378 g/mol. The number of nitrogens with one attached hydrogen (secondary N) is 1. The first kappa shape index (κ1) is 14.3. The predicted molar refractivity (Wildman–Crippen MR) is 91.1 cm³/mol. The van der Waals surface area contributed by atoms with Gasteiger partial charge in [-0.25, -0.2) is 0 Å². The summed E-state index contributed by atoms with van der Waals surface area (Å²) in [5, 5.41) is 3.66. The van der Waals surface area contributed by atoms with E-state index in [0.29, 0.717) is 12.0 Å². The summed E-state index contributed by atoms with van der Waals surface area (Å²) in [6.07, 6.45) is 1.21. The second kappa shape index (κ2) is 6.00. The molecule has 0 heterocycles. The third-order valence-electron chi connectivity index (χ3n) is 4.06. The number of fused-ring (bicyclic) bond motifs is 1. The van der Waals surface area contributed by atoms with Crippen molar-refractivity contribution in [1.82, 2.24) is 5.32 Å². The van der Waals surface area contributed by atoms with Crippen molar-refractivity contribution in [2.24, 2.45) is 0 Å². The van der Waals surface area contributed by atoms with Crippen LogP contribution in [0.2, 0.25) is 0 Å². The lowest BCUT2D eigenvalue weighted by atomic mass is 9.77. The molecule has 0 radical (unpaired) electrons. The van der Waals surface area contributed by atoms with E-state index in [9.17, 15) is 0 Å². The maximum Gasteiger partial charge on any atom is 0.0303 e. The summed E-state index contributed by atoms with van der Waals surface area (Å²) < 4.78 is 2.26. The zero-order chi connectivity index (χ0) is 14.1. The highest BCUT2D eigenvalue weighted by Crippen LogP contribution is 2.35. The van der Waals surface area contributed by atoms with E-state index < -0.39 is 0 Å². The Morgan fingerprint density at radius 1 is 1.20 bits per heavy atom. The third-order valence-corrected chi connectivity index (χ3v) is 5.24. The number of benzene rings is 2. The van der Waals surface area contributed by atoms with Crippen LogP contribution in [0.15, 0.2) is 51.4 Å². The SMILES string of the molecule is CC(NCC1Cc2ccccc21)c1ccc(Br)cc1Br. The summed E-state index contributed by atoms with van der Waals surface area (Å²) in [4.78, 5) is 0.